The number of halogens is 1. The van der Waals surface area contributed by atoms with Crippen molar-refractivity contribution in [1.82, 2.24) is 5.32 Å². The molecule has 2 unspecified atom stereocenters. The SMILES string of the molecule is Cc1ccc(C23CC4CC(CC(CNCCO)(C4)C2)C3)cc1.Cl. The van der Waals surface area contributed by atoms with Crippen LogP contribution in [0, 0.1) is 24.2 Å². The van der Waals surface area contributed by atoms with Gasteiger partial charge in [0.05, 0.1) is 6.61 Å². The van der Waals surface area contributed by atoms with Crippen LogP contribution in [-0.2, 0) is 5.41 Å². The zero-order valence-electron chi connectivity index (χ0n) is 14.2. The minimum atomic E-state index is 0. The summed E-state index contributed by atoms with van der Waals surface area (Å²) in [4.78, 5) is 0. The van der Waals surface area contributed by atoms with Crippen molar-refractivity contribution in [2.45, 2.75) is 50.9 Å². The molecule has 3 heteroatoms. The van der Waals surface area contributed by atoms with Crippen molar-refractivity contribution >= 4 is 12.4 Å². The molecule has 2 nitrogen and oxygen atoms in total. The molecule has 4 aliphatic carbocycles. The van der Waals surface area contributed by atoms with Gasteiger partial charge in [0.15, 0.2) is 0 Å². The Morgan fingerprint density at radius 1 is 1.09 bits per heavy atom. The fourth-order valence-corrected chi connectivity index (χ4v) is 6.34. The molecule has 0 aliphatic heterocycles. The highest BCUT2D eigenvalue weighted by molar-refractivity contribution is 5.85. The number of aliphatic hydroxyl groups is 1. The molecule has 0 heterocycles. The minimum Gasteiger partial charge on any atom is -0.395 e. The van der Waals surface area contributed by atoms with Crippen LogP contribution in [0.1, 0.15) is 49.7 Å². The van der Waals surface area contributed by atoms with Crippen LogP contribution in [0.4, 0.5) is 0 Å². The lowest BCUT2D eigenvalue weighted by atomic mass is 9.43. The molecule has 2 atom stereocenters. The Labute approximate surface area is 146 Å². The zero-order chi connectivity index (χ0) is 15.2. The van der Waals surface area contributed by atoms with Gasteiger partial charge in [-0.3, -0.25) is 0 Å². The first-order valence-electron chi connectivity index (χ1n) is 9.02. The Kier molecular flexibility index (Phi) is 4.79. The molecule has 23 heavy (non-hydrogen) atoms. The quantitative estimate of drug-likeness (QED) is 0.801. The number of rotatable bonds is 5. The van der Waals surface area contributed by atoms with Gasteiger partial charge < -0.3 is 10.4 Å². The third kappa shape index (κ3) is 3.06. The first kappa shape index (κ1) is 17.3. The smallest absolute Gasteiger partial charge is 0.0555 e. The molecule has 0 saturated heterocycles. The Morgan fingerprint density at radius 2 is 1.74 bits per heavy atom. The van der Waals surface area contributed by atoms with Crippen molar-refractivity contribution in [2.24, 2.45) is 17.3 Å². The highest BCUT2D eigenvalue weighted by Crippen LogP contribution is 2.65. The van der Waals surface area contributed by atoms with Gasteiger partial charge in [0.2, 0.25) is 0 Å². The van der Waals surface area contributed by atoms with Gasteiger partial charge in [-0.1, -0.05) is 29.8 Å². The molecule has 0 radical (unpaired) electrons. The molecule has 4 saturated carbocycles. The van der Waals surface area contributed by atoms with Gasteiger partial charge in [0, 0.05) is 13.1 Å². The zero-order valence-corrected chi connectivity index (χ0v) is 15.0. The molecule has 0 amide bonds. The van der Waals surface area contributed by atoms with E-state index in [1.54, 1.807) is 5.56 Å². The van der Waals surface area contributed by atoms with E-state index in [0.29, 0.717) is 10.8 Å². The van der Waals surface area contributed by atoms with Gasteiger partial charge in [-0.25, -0.2) is 0 Å². The standard InChI is InChI=1S/C20H29NO.ClH/c1-15-2-4-18(5-3-15)20-11-16-8-17(12-20)10-19(9-16,13-20)14-21-6-7-22;/h2-5,16-17,21-22H,6-14H2,1H3;1H. The van der Waals surface area contributed by atoms with E-state index in [-0.39, 0.29) is 19.0 Å². The van der Waals surface area contributed by atoms with Crippen molar-refractivity contribution < 1.29 is 5.11 Å². The number of aliphatic hydroxyl groups excluding tert-OH is 1. The lowest BCUT2D eigenvalue weighted by Gasteiger charge is -2.62. The van der Waals surface area contributed by atoms with E-state index in [2.05, 4.69) is 36.5 Å². The van der Waals surface area contributed by atoms with Crippen molar-refractivity contribution in [2.75, 3.05) is 19.7 Å². The maximum atomic E-state index is 9.07. The topological polar surface area (TPSA) is 32.3 Å². The Hall–Kier alpha value is -0.570. The van der Waals surface area contributed by atoms with Gasteiger partial charge >= 0.3 is 0 Å². The van der Waals surface area contributed by atoms with E-state index < -0.39 is 0 Å². The van der Waals surface area contributed by atoms with Crippen molar-refractivity contribution in [3.05, 3.63) is 35.4 Å². The Bertz CT molecular complexity index is 527. The predicted molar refractivity (Wildman–Crippen MR) is 97.2 cm³/mol. The van der Waals surface area contributed by atoms with E-state index in [0.717, 1.165) is 24.9 Å². The van der Waals surface area contributed by atoms with Crippen molar-refractivity contribution in [3.63, 3.8) is 0 Å². The lowest BCUT2D eigenvalue weighted by Crippen LogP contribution is -2.57. The molecule has 2 N–H and O–H groups in total. The van der Waals surface area contributed by atoms with E-state index in [1.165, 1.54) is 44.1 Å². The van der Waals surface area contributed by atoms with Gasteiger partial charge in [-0.2, -0.15) is 0 Å². The Morgan fingerprint density at radius 3 is 2.35 bits per heavy atom. The molecular formula is C20H30ClNO. The number of hydrogen-bond donors (Lipinski definition) is 2. The summed E-state index contributed by atoms with van der Waals surface area (Å²) in [5.74, 6) is 1.86. The van der Waals surface area contributed by atoms with Crippen molar-refractivity contribution in [3.8, 4) is 0 Å². The molecule has 0 spiro atoms. The summed E-state index contributed by atoms with van der Waals surface area (Å²) < 4.78 is 0. The molecule has 0 aromatic heterocycles. The Balaban J connectivity index is 0.00000156. The first-order valence-corrected chi connectivity index (χ1v) is 9.02. The van der Waals surface area contributed by atoms with E-state index >= 15 is 0 Å². The largest absolute Gasteiger partial charge is 0.395 e. The van der Waals surface area contributed by atoms with Crippen LogP contribution in [0.3, 0.4) is 0 Å². The number of benzene rings is 1. The van der Waals surface area contributed by atoms with E-state index in [1.807, 2.05) is 0 Å². The van der Waals surface area contributed by atoms with Gasteiger partial charge in [0.1, 0.15) is 0 Å². The number of hydrogen-bond acceptors (Lipinski definition) is 2. The number of aryl methyl sites for hydroxylation is 1. The summed E-state index contributed by atoms with van der Waals surface area (Å²) in [5.41, 5.74) is 3.90. The van der Waals surface area contributed by atoms with Crippen LogP contribution in [0.15, 0.2) is 24.3 Å². The summed E-state index contributed by atoms with van der Waals surface area (Å²) in [6, 6.07) is 9.39. The molecule has 5 rings (SSSR count). The van der Waals surface area contributed by atoms with Gasteiger partial charge in [-0.05, 0) is 73.7 Å². The molecule has 1 aromatic carbocycles. The number of nitrogens with one attached hydrogen (secondary N) is 1. The van der Waals surface area contributed by atoms with Crippen LogP contribution in [0.5, 0.6) is 0 Å². The van der Waals surface area contributed by atoms with Crippen LogP contribution in [0.25, 0.3) is 0 Å². The van der Waals surface area contributed by atoms with E-state index in [9.17, 15) is 0 Å². The van der Waals surface area contributed by atoms with Crippen LogP contribution >= 0.6 is 12.4 Å². The summed E-state index contributed by atoms with van der Waals surface area (Å²) >= 11 is 0. The summed E-state index contributed by atoms with van der Waals surface area (Å²) in [6.07, 6.45) is 8.47. The summed E-state index contributed by atoms with van der Waals surface area (Å²) in [6.45, 7) is 4.29. The average molecular weight is 336 g/mol. The second-order valence-electron chi connectivity index (χ2n) is 8.51. The summed E-state index contributed by atoms with van der Waals surface area (Å²) in [5, 5.41) is 12.6. The van der Waals surface area contributed by atoms with Crippen LogP contribution < -0.4 is 5.32 Å². The average Bonchev–Trinajstić information content (AvgIpc) is 2.46. The monoisotopic (exact) mass is 335 g/mol. The third-order valence-electron chi connectivity index (χ3n) is 6.63. The maximum Gasteiger partial charge on any atom is 0.0555 e. The molecule has 4 bridgehead atoms. The molecule has 128 valence electrons. The highest BCUT2D eigenvalue weighted by atomic mass is 35.5. The van der Waals surface area contributed by atoms with Crippen LogP contribution in [0.2, 0.25) is 0 Å². The van der Waals surface area contributed by atoms with Crippen LogP contribution in [-0.4, -0.2) is 24.8 Å². The molecule has 1 aromatic rings. The van der Waals surface area contributed by atoms with Gasteiger partial charge in [0.25, 0.3) is 0 Å². The fraction of sp³-hybridized carbons (Fsp3) is 0.700. The van der Waals surface area contributed by atoms with Gasteiger partial charge in [-0.15, -0.1) is 12.4 Å². The maximum absolute atomic E-state index is 9.07. The first-order chi connectivity index (χ1) is 10.6. The molecule has 4 fully saturated rings. The third-order valence-corrected chi connectivity index (χ3v) is 6.63. The highest BCUT2D eigenvalue weighted by Gasteiger charge is 2.57. The van der Waals surface area contributed by atoms with Crippen molar-refractivity contribution in [1.29, 1.82) is 0 Å². The summed E-state index contributed by atoms with van der Waals surface area (Å²) in [7, 11) is 0. The van der Waals surface area contributed by atoms with E-state index in [4.69, 9.17) is 5.11 Å². The second-order valence-corrected chi connectivity index (χ2v) is 8.51. The minimum absolute atomic E-state index is 0. The second kappa shape index (κ2) is 6.38. The fourth-order valence-electron chi connectivity index (χ4n) is 6.34. The normalized spacial score (nSPS) is 37.7. The molecule has 4 aliphatic rings. The molecular weight excluding hydrogens is 306 g/mol. The predicted octanol–water partition coefficient (Wildman–Crippen LogP) is 3.84. The lowest BCUT2D eigenvalue weighted by molar-refractivity contribution is -0.0708.